The summed E-state index contributed by atoms with van der Waals surface area (Å²) in [4.78, 5) is 24.5. The van der Waals surface area contributed by atoms with Crippen LogP contribution in [0.25, 0.3) is 0 Å². The van der Waals surface area contributed by atoms with Gasteiger partial charge in [-0.15, -0.1) is 0 Å². The third-order valence-electron chi connectivity index (χ3n) is 3.74. The number of methoxy groups -OCH3 is 1. The molecule has 2 rings (SSSR count). The highest BCUT2D eigenvalue weighted by atomic mass is 16.5. The second kappa shape index (κ2) is 7.16. The maximum absolute atomic E-state index is 12.3. The number of anilines is 1. The monoisotopic (exact) mass is 331 g/mol. The number of nitrogens with one attached hydrogen (secondary N) is 1. The number of ether oxygens (including phenoxy) is 2. The zero-order chi connectivity index (χ0) is 17.9. The van der Waals surface area contributed by atoms with Crippen LogP contribution in [-0.4, -0.2) is 34.9 Å². The van der Waals surface area contributed by atoms with Gasteiger partial charge < -0.3 is 14.8 Å². The second-order valence-corrected chi connectivity index (χ2v) is 5.41. The van der Waals surface area contributed by atoms with E-state index in [1.165, 1.54) is 14.0 Å². The van der Waals surface area contributed by atoms with Crippen molar-refractivity contribution in [3.05, 3.63) is 41.2 Å². The lowest BCUT2D eigenvalue weighted by Gasteiger charge is -2.15. The average molecular weight is 331 g/mol. The number of hydrogen-bond acceptors (Lipinski definition) is 5. The van der Waals surface area contributed by atoms with Crippen molar-refractivity contribution in [2.45, 2.75) is 26.9 Å². The van der Waals surface area contributed by atoms with Crippen LogP contribution in [0.1, 0.15) is 28.7 Å². The number of para-hydroxylation sites is 1. The number of amides is 1. The molecule has 0 saturated carbocycles. The molecule has 7 heteroatoms. The molecule has 1 aromatic carbocycles. The summed E-state index contributed by atoms with van der Waals surface area (Å²) >= 11 is 0. The van der Waals surface area contributed by atoms with E-state index in [9.17, 15) is 9.59 Å². The van der Waals surface area contributed by atoms with E-state index in [1.807, 2.05) is 6.92 Å². The van der Waals surface area contributed by atoms with Crippen molar-refractivity contribution < 1.29 is 19.1 Å². The smallest absolute Gasteiger partial charge is 0.342 e. The van der Waals surface area contributed by atoms with Gasteiger partial charge in [-0.3, -0.25) is 9.48 Å². The predicted molar refractivity (Wildman–Crippen MR) is 89.2 cm³/mol. The van der Waals surface area contributed by atoms with Gasteiger partial charge in [-0.2, -0.15) is 5.10 Å². The molecule has 0 spiro atoms. The molecule has 1 heterocycles. The molecule has 0 bridgehead atoms. The van der Waals surface area contributed by atoms with Crippen molar-refractivity contribution in [1.29, 1.82) is 0 Å². The topological polar surface area (TPSA) is 82.4 Å². The van der Waals surface area contributed by atoms with Crippen LogP contribution in [0.5, 0.6) is 5.75 Å². The van der Waals surface area contributed by atoms with Gasteiger partial charge in [0.15, 0.2) is 6.10 Å². The minimum absolute atomic E-state index is 0.272. The first-order chi connectivity index (χ1) is 11.3. The predicted octanol–water partition coefficient (Wildman–Crippen LogP) is 2.23. The molecule has 1 amide bonds. The number of aromatic nitrogens is 2. The number of nitrogens with zero attached hydrogens (tertiary/aromatic N) is 2. The standard InChI is InChI=1S/C17H21N3O4/c1-10-15(11(2)20(4)19-10)18-16(21)12(3)24-17(22)13-8-6-7-9-14(13)23-5/h6-9,12H,1-5H3,(H,18,21)/t12-/m0/s1. The Morgan fingerprint density at radius 1 is 1.25 bits per heavy atom. The highest BCUT2D eigenvalue weighted by Crippen LogP contribution is 2.21. The third-order valence-corrected chi connectivity index (χ3v) is 3.74. The van der Waals surface area contributed by atoms with Gasteiger partial charge >= 0.3 is 5.97 Å². The summed E-state index contributed by atoms with van der Waals surface area (Å²) in [5, 5.41) is 6.99. The second-order valence-electron chi connectivity index (χ2n) is 5.41. The molecule has 0 aliphatic rings. The van der Waals surface area contributed by atoms with Gasteiger partial charge in [0.05, 0.1) is 24.2 Å². The fourth-order valence-corrected chi connectivity index (χ4v) is 2.27. The Morgan fingerprint density at radius 3 is 2.50 bits per heavy atom. The summed E-state index contributed by atoms with van der Waals surface area (Å²) in [5.74, 6) is -0.638. The maximum Gasteiger partial charge on any atom is 0.342 e. The van der Waals surface area contributed by atoms with Gasteiger partial charge in [-0.1, -0.05) is 12.1 Å². The molecular formula is C17H21N3O4. The molecule has 128 valence electrons. The molecule has 0 saturated heterocycles. The summed E-state index contributed by atoms with van der Waals surface area (Å²) in [7, 11) is 3.26. The lowest BCUT2D eigenvalue weighted by molar-refractivity contribution is -0.123. The van der Waals surface area contributed by atoms with Crippen molar-refractivity contribution in [3.8, 4) is 5.75 Å². The Bertz CT molecular complexity index is 767. The minimum Gasteiger partial charge on any atom is -0.496 e. The van der Waals surface area contributed by atoms with Gasteiger partial charge in [0.25, 0.3) is 5.91 Å². The number of benzene rings is 1. The van der Waals surface area contributed by atoms with E-state index in [0.29, 0.717) is 17.1 Å². The minimum atomic E-state index is -0.957. The van der Waals surface area contributed by atoms with Crippen molar-refractivity contribution in [2.75, 3.05) is 12.4 Å². The van der Waals surface area contributed by atoms with Crippen LogP contribution >= 0.6 is 0 Å². The Labute approximate surface area is 140 Å². The molecular weight excluding hydrogens is 310 g/mol. The molecule has 0 fully saturated rings. The van der Waals surface area contributed by atoms with E-state index in [4.69, 9.17) is 9.47 Å². The highest BCUT2D eigenvalue weighted by Gasteiger charge is 2.23. The summed E-state index contributed by atoms with van der Waals surface area (Å²) < 4.78 is 12.0. The highest BCUT2D eigenvalue weighted by molar-refractivity contribution is 5.98. The lowest BCUT2D eigenvalue weighted by Crippen LogP contribution is -2.30. The molecule has 24 heavy (non-hydrogen) atoms. The van der Waals surface area contributed by atoms with Crippen LogP contribution in [0, 0.1) is 13.8 Å². The quantitative estimate of drug-likeness (QED) is 0.850. The molecule has 1 atom stereocenters. The number of carbonyl (C=O) groups excluding carboxylic acids is 2. The molecule has 0 aliphatic heterocycles. The molecule has 0 aliphatic carbocycles. The van der Waals surface area contributed by atoms with E-state index >= 15 is 0 Å². The molecule has 1 aromatic heterocycles. The van der Waals surface area contributed by atoms with Gasteiger partial charge in [0, 0.05) is 7.05 Å². The van der Waals surface area contributed by atoms with Crippen LogP contribution in [-0.2, 0) is 16.6 Å². The van der Waals surface area contributed by atoms with Crippen LogP contribution in [0.4, 0.5) is 5.69 Å². The Kier molecular flexibility index (Phi) is 5.23. The molecule has 1 N–H and O–H groups in total. The van der Waals surface area contributed by atoms with Gasteiger partial charge in [-0.05, 0) is 32.9 Å². The number of aryl methyl sites for hydroxylation is 2. The zero-order valence-electron chi connectivity index (χ0n) is 14.4. The lowest BCUT2D eigenvalue weighted by atomic mass is 10.2. The SMILES string of the molecule is COc1ccccc1C(=O)O[C@@H](C)C(=O)Nc1c(C)nn(C)c1C. The third kappa shape index (κ3) is 3.56. The fraction of sp³-hybridized carbons (Fsp3) is 0.353. The molecule has 7 nitrogen and oxygen atoms in total. The molecule has 2 aromatic rings. The van der Waals surface area contributed by atoms with E-state index < -0.39 is 18.0 Å². The summed E-state index contributed by atoms with van der Waals surface area (Å²) in [6, 6.07) is 6.69. The van der Waals surface area contributed by atoms with Crippen molar-refractivity contribution in [2.24, 2.45) is 7.05 Å². The van der Waals surface area contributed by atoms with Crippen LogP contribution in [0.3, 0.4) is 0 Å². The number of carbonyl (C=O) groups is 2. The summed E-state index contributed by atoms with van der Waals surface area (Å²) in [6.45, 7) is 5.17. The van der Waals surface area contributed by atoms with Crippen LogP contribution < -0.4 is 10.1 Å². The van der Waals surface area contributed by atoms with Gasteiger partial charge in [0.1, 0.15) is 11.3 Å². The van der Waals surface area contributed by atoms with E-state index in [0.717, 1.165) is 5.69 Å². The first-order valence-corrected chi connectivity index (χ1v) is 7.50. The maximum atomic E-state index is 12.3. The first-order valence-electron chi connectivity index (χ1n) is 7.50. The normalized spacial score (nSPS) is 11.7. The zero-order valence-corrected chi connectivity index (χ0v) is 14.4. The van der Waals surface area contributed by atoms with E-state index in [2.05, 4.69) is 10.4 Å². The average Bonchev–Trinajstić information content (AvgIpc) is 2.80. The van der Waals surface area contributed by atoms with E-state index in [1.54, 1.807) is 42.9 Å². The van der Waals surface area contributed by atoms with Crippen molar-refractivity contribution in [1.82, 2.24) is 9.78 Å². The Morgan fingerprint density at radius 2 is 1.92 bits per heavy atom. The summed E-state index contributed by atoms with van der Waals surface area (Å²) in [6.07, 6.45) is -0.957. The van der Waals surface area contributed by atoms with Crippen molar-refractivity contribution in [3.63, 3.8) is 0 Å². The number of rotatable bonds is 5. The Balaban J connectivity index is 2.07. The van der Waals surface area contributed by atoms with Gasteiger partial charge in [0.2, 0.25) is 0 Å². The van der Waals surface area contributed by atoms with Crippen LogP contribution in [0.2, 0.25) is 0 Å². The first kappa shape index (κ1) is 17.5. The molecule has 0 unspecified atom stereocenters. The molecule has 0 radical (unpaired) electrons. The Hall–Kier alpha value is -2.83. The van der Waals surface area contributed by atoms with Crippen molar-refractivity contribution >= 4 is 17.6 Å². The summed E-state index contributed by atoms with van der Waals surface area (Å²) in [5.41, 5.74) is 2.42. The number of hydrogen-bond donors (Lipinski definition) is 1. The van der Waals surface area contributed by atoms with Gasteiger partial charge in [-0.25, -0.2) is 4.79 Å². The van der Waals surface area contributed by atoms with Crippen LogP contribution in [0.15, 0.2) is 24.3 Å². The number of esters is 1. The largest absolute Gasteiger partial charge is 0.496 e. The van der Waals surface area contributed by atoms with E-state index in [-0.39, 0.29) is 5.56 Å². The fourth-order valence-electron chi connectivity index (χ4n) is 2.27.